The van der Waals surface area contributed by atoms with E-state index < -0.39 is 0 Å². The molecular weight excluding hydrogens is 234 g/mol. The zero-order valence-electron chi connectivity index (χ0n) is 9.69. The van der Waals surface area contributed by atoms with Crippen LogP contribution < -0.4 is 11.1 Å². The Bertz CT molecular complexity index is 536. The summed E-state index contributed by atoms with van der Waals surface area (Å²) in [4.78, 5) is 15.9. The number of unbranched alkanes of at least 4 members (excludes halogenated alkanes) is 1. The van der Waals surface area contributed by atoms with Crippen LogP contribution in [0.1, 0.15) is 26.2 Å². The number of nitrogens with two attached hydrogens (primary N) is 1. The number of fused-ring (bicyclic) bond motifs is 1. The number of amides is 1. The van der Waals surface area contributed by atoms with Crippen molar-refractivity contribution in [3.8, 4) is 0 Å². The first kappa shape index (κ1) is 11.9. The van der Waals surface area contributed by atoms with Gasteiger partial charge in [-0.1, -0.05) is 24.7 Å². The third-order valence-electron chi connectivity index (χ3n) is 2.42. The van der Waals surface area contributed by atoms with Gasteiger partial charge >= 0.3 is 0 Å². The summed E-state index contributed by atoms with van der Waals surface area (Å²) in [5.74, 6) is 0.0267. The molecule has 4 nitrogen and oxygen atoms in total. The lowest BCUT2D eigenvalue weighted by atomic mass is 10.2. The average molecular weight is 249 g/mol. The van der Waals surface area contributed by atoms with Crippen molar-refractivity contribution in [1.82, 2.24) is 4.98 Å². The second-order valence-electron chi connectivity index (χ2n) is 3.90. The van der Waals surface area contributed by atoms with E-state index in [9.17, 15) is 4.79 Å². The summed E-state index contributed by atoms with van der Waals surface area (Å²) in [6.45, 7) is 2.06. The van der Waals surface area contributed by atoms with Crippen molar-refractivity contribution < 1.29 is 4.79 Å². The van der Waals surface area contributed by atoms with Crippen molar-refractivity contribution in [3.63, 3.8) is 0 Å². The van der Waals surface area contributed by atoms with Gasteiger partial charge in [0.1, 0.15) is 0 Å². The van der Waals surface area contributed by atoms with E-state index in [1.54, 1.807) is 0 Å². The number of carbonyl (C=O) groups excluding carboxylic acids is 1. The molecule has 1 aromatic carbocycles. The van der Waals surface area contributed by atoms with Crippen LogP contribution in [-0.2, 0) is 4.79 Å². The van der Waals surface area contributed by atoms with Crippen LogP contribution in [-0.4, -0.2) is 10.9 Å². The standard InChI is InChI=1S/C12H15N3OS/c1-2-3-4-11(16)15-12-14-9-6-5-8(13)7-10(9)17-12/h5-7H,2-4,13H2,1H3,(H,14,15,16). The second-order valence-corrected chi connectivity index (χ2v) is 4.93. The summed E-state index contributed by atoms with van der Waals surface area (Å²) in [5.41, 5.74) is 7.27. The maximum Gasteiger partial charge on any atom is 0.226 e. The molecular formula is C12H15N3OS. The molecule has 90 valence electrons. The van der Waals surface area contributed by atoms with Gasteiger partial charge in [0.15, 0.2) is 5.13 Å². The maximum atomic E-state index is 11.5. The van der Waals surface area contributed by atoms with Gasteiger partial charge in [-0.05, 0) is 24.6 Å². The SMILES string of the molecule is CCCCC(=O)Nc1nc2ccc(N)cc2s1. The van der Waals surface area contributed by atoms with Crippen LogP contribution in [0.3, 0.4) is 0 Å². The lowest BCUT2D eigenvalue weighted by Crippen LogP contribution is -2.10. The minimum Gasteiger partial charge on any atom is -0.399 e. The van der Waals surface area contributed by atoms with Crippen LogP contribution in [0.15, 0.2) is 18.2 Å². The number of nitrogens with one attached hydrogen (secondary N) is 1. The third-order valence-corrected chi connectivity index (χ3v) is 3.35. The molecule has 2 rings (SSSR count). The van der Waals surface area contributed by atoms with Crippen LogP contribution >= 0.6 is 11.3 Å². The van der Waals surface area contributed by atoms with Crippen molar-refractivity contribution in [3.05, 3.63) is 18.2 Å². The average Bonchev–Trinajstić information content (AvgIpc) is 2.67. The zero-order valence-corrected chi connectivity index (χ0v) is 10.5. The second kappa shape index (κ2) is 5.14. The van der Waals surface area contributed by atoms with E-state index in [1.165, 1.54) is 11.3 Å². The number of hydrogen-bond donors (Lipinski definition) is 2. The largest absolute Gasteiger partial charge is 0.399 e. The first-order valence-corrected chi connectivity index (χ1v) is 6.46. The number of nitrogen functional groups attached to an aromatic ring is 1. The summed E-state index contributed by atoms with van der Waals surface area (Å²) < 4.78 is 0.996. The van der Waals surface area contributed by atoms with Crippen LogP contribution in [0.2, 0.25) is 0 Å². The Balaban J connectivity index is 2.11. The van der Waals surface area contributed by atoms with E-state index in [0.29, 0.717) is 17.2 Å². The predicted octanol–water partition coefficient (Wildman–Crippen LogP) is 3.01. The molecule has 3 N–H and O–H groups in total. The summed E-state index contributed by atoms with van der Waals surface area (Å²) in [7, 11) is 0. The number of benzene rings is 1. The van der Waals surface area contributed by atoms with Gasteiger partial charge in [0, 0.05) is 12.1 Å². The topological polar surface area (TPSA) is 68.0 Å². The first-order valence-electron chi connectivity index (χ1n) is 5.65. The monoisotopic (exact) mass is 249 g/mol. The molecule has 1 heterocycles. The molecule has 0 atom stereocenters. The summed E-state index contributed by atoms with van der Waals surface area (Å²) in [6.07, 6.45) is 2.47. The molecule has 0 bridgehead atoms. The van der Waals surface area contributed by atoms with Crippen molar-refractivity contribution in [2.24, 2.45) is 0 Å². The number of aromatic nitrogens is 1. The maximum absolute atomic E-state index is 11.5. The highest BCUT2D eigenvalue weighted by Crippen LogP contribution is 2.27. The zero-order chi connectivity index (χ0) is 12.3. The molecule has 0 aliphatic rings. The number of thiazole rings is 1. The lowest BCUT2D eigenvalue weighted by Gasteiger charge is -1.98. The Labute approximate surface area is 104 Å². The minimum absolute atomic E-state index is 0.0267. The molecule has 0 aliphatic carbocycles. The summed E-state index contributed by atoms with van der Waals surface area (Å²) in [6, 6.07) is 5.54. The lowest BCUT2D eigenvalue weighted by molar-refractivity contribution is -0.116. The molecule has 0 unspecified atom stereocenters. The molecule has 1 amide bonds. The quantitative estimate of drug-likeness (QED) is 0.818. The molecule has 0 saturated carbocycles. The van der Waals surface area contributed by atoms with Crippen molar-refractivity contribution >= 4 is 38.3 Å². The van der Waals surface area contributed by atoms with E-state index >= 15 is 0 Å². The molecule has 0 radical (unpaired) electrons. The van der Waals surface area contributed by atoms with Crippen molar-refractivity contribution in [2.75, 3.05) is 11.1 Å². The molecule has 1 aromatic heterocycles. The van der Waals surface area contributed by atoms with E-state index in [-0.39, 0.29) is 5.91 Å². The van der Waals surface area contributed by atoms with Crippen molar-refractivity contribution in [2.45, 2.75) is 26.2 Å². The Morgan fingerprint density at radius 3 is 3.12 bits per heavy atom. The Hall–Kier alpha value is -1.62. The van der Waals surface area contributed by atoms with E-state index in [2.05, 4.69) is 17.2 Å². The van der Waals surface area contributed by atoms with Gasteiger partial charge in [-0.25, -0.2) is 4.98 Å². The highest BCUT2D eigenvalue weighted by molar-refractivity contribution is 7.22. The minimum atomic E-state index is 0.0267. The van der Waals surface area contributed by atoms with Gasteiger partial charge in [-0.3, -0.25) is 4.79 Å². The smallest absolute Gasteiger partial charge is 0.226 e. The number of anilines is 2. The third kappa shape index (κ3) is 2.94. The molecule has 0 saturated heterocycles. The van der Waals surface area contributed by atoms with Gasteiger partial charge in [0.05, 0.1) is 10.2 Å². The van der Waals surface area contributed by atoms with Gasteiger partial charge in [-0.2, -0.15) is 0 Å². The van der Waals surface area contributed by atoms with Crippen LogP contribution in [0.5, 0.6) is 0 Å². The highest BCUT2D eigenvalue weighted by atomic mass is 32.1. The fourth-order valence-electron chi connectivity index (χ4n) is 1.51. The first-order chi connectivity index (χ1) is 8.19. The van der Waals surface area contributed by atoms with Gasteiger partial charge in [0.2, 0.25) is 5.91 Å². The molecule has 17 heavy (non-hydrogen) atoms. The number of rotatable bonds is 4. The van der Waals surface area contributed by atoms with E-state index in [0.717, 1.165) is 23.1 Å². The summed E-state index contributed by atoms with van der Waals surface area (Å²) in [5, 5.41) is 3.46. The Kier molecular flexibility index (Phi) is 3.58. The molecule has 5 heteroatoms. The normalized spacial score (nSPS) is 10.6. The van der Waals surface area contributed by atoms with E-state index in [1.807, 2.05) is 18.2 Å². The Morgan fingerprint density at radius 2 is 2.35 bits per heavy atom. The van der Waals surface area contributed by atoms with Crippen LogP contribution in [0, 0.1) is 0 Å². The molecule has 0 aliphatic heterocycles. The fourth-order valence-corrected chi connectivity index (χ4v) is 2.44. The summed E-state index contributed by atoms with van der Waals surface area (Å²) >= 11 is 1.45. The van der Waals surface area contributed by atoms with Gasteiger partial charge in [0.25, 0.3) is 0 Å². The molecule has 0 spiro atoms. The van der Waals surface area contributed by atoms with Crippen molar-refractivity contribution in [1.29, 1.82) is 0 Å². The fraction of sp³-hybridized carbons (Fsp3) is 0.333. The molecule has 0 fully saturated rings. The molecule has 2 aromatic rings. The van der Waals surface area contributed by atoms with Crippen LogP contribution in [0.4, 0.5) is 10.8 Å². The number of carbonyl (C=O) groups is 1. The van der Waals surface area contributed by atoms with Gasteiger partial charge in [-0.15, -0.1) is 0 Å². The van der Waals surface area contributed by atoms with Crippen LogP contribution in [0.25, 0.3) is 10.2 Å². The Morgan fingerprint density at radius 1 is 1.53 bits per heavy atom. The highest BCUT2D eigenvalue weighted by Gasteiger charge is 2.07. The number of nitrogens with zero attached hydrogens (tertiary/aromatic N) is 1. The number of hydrogen-bond acceptors (Lipinski definition) is 4. The predicted molar refractivity (Wildman–Crippen MR) is 72.2 cm³/mol. The van der Waals surface area contributed by atoms with E-state index in [4.69, 9.17) is 5.73 Å². The van der Waals surface area contributed by atoms with Gasteiger partial charge < -0.3 is 11.1 Å².